The summed E-state index contributed by atoms with van der Waals surface area (Å²) in [5.74, 6) is 0.917. The molecular formula is C28H27ClN4O. The van der Waals surface area contributed by atoms with Gasteiger partial charge < -0.3 is 9.80 Å². The Kier molecular flexibility index (Phi) is 6.20. The topological polar surface area (TPSA) is 49.3 Å². The molecule has 0 saturated carbocycles. The van der Waals surface area contributed by atoms with Crippen LogP contribution >= 0.6 is 11.6 Å². The van der Waals surface area contributed by atoms with Crippen LogP contribution in [-0.2, 0) is 0 Å². The average molecular weight is 471 g/mol. The number of anilines is 1. The SMILES string of the molecule is Cc1cc2nc(-c3ccccc3)c(N3CCCN(C(=O)c4ccc(Cl)cc4)CC3)nc2cc1C. The van der Waals surface area contributed by atoms with Gasteiger partial charge in [0.2, 0.25) is 0 Å². The Morgan fingerprint density at radius 3 is 2.21 bits per heavy atom. The molecule has 1 fully saturated rings. The van der Waals surface area contributed by atoms with E-state index in [2.05, 4.69) is 43.0 Å². The second kappa shape index (κ2) is 9.43. The van der Waals surface area contributed by atoms with Crippen molar-refractivity contribution >= 4 is 34.4 Å². The summed E-state index contributed by atoms with van der Waals surface area (Å²) in [6.45, 7) is 7.06. The summed E-state index contributed by atoms with van der Waals surface area (Å²) in [4.78, 5) is 27.4. The quantitative estimate of drug-likeness (QED) is 0.373. The maximum Gasteiger partial charge on any atom is 0.253 e. The fourth-order valence-electron chi connectivity index (χ4n) is 4.42. The van der Waals surface area contributed by atoms with Gasteiger partial charge in [0.25, 0.3) is 5.91 Å². The number of carbonyl (C=O) groups excluding carboxylic acids is 1. The highest BCUT2D eigenvalue weighted by atomic mass is 35.5. The maximum absolute atomic E-state index is 13.1. The third-order valence-electron chi connectivity index (χ3n) is 6.48. The van der Waals surface area contributed by atoms with Gasteiger partial charge >= 0.3 is 0 Å². The first-order valence-corrected chi connectivity index (χ1v) is 12.0. The molecule has 1 amide bonds. The summed E-state index contributed by atoms with van der Waals surface area (Å²) in [5.41, 5.74) is 6.81. The number of rotatable bonds is 3. The Labute approximate surface area is 205 Å². The van der Waals surface area contributed by atoms with Crippen molar-refractivity contribution in [2.75, 3.05) is 31.1 Å². The van der Waals surface area contributed by atoms with Crippen LogP contribution in [0, 0.1) is 13.8 Å². The predicted octanol–water partition coefficient (Wildman–Crippen LogP) is 5.92. The molecule has 0 spiro atoms. The third kappa shape index (κ3) is 4.48. The summed E-state index contributed by atoms with van der Waals surface area (Å²) in [5, 5.41) is 0.632. The fourth-order valence-corrected chi connectivity index (χ4v) is 4.55. The molecule has 3 aromatic carbocycles. The Bertz CT molecular complexity index is 1340. The fraction of sp³-hybridized carbons (Fsp3) is 0.250. The molecule has 5 nitrogen and oxygen atoms in total. The zero-order valence-electron chi connectivity index (χ0n) is 19.5. The lowest BCUT2D eigenvalue weighted by molar-refractivity contribution is 0.0767. The Balaban J connectivity index is 1.48. The number of aromatic nitrogens is 2. The summed E-state index contributed by atoms with van der Waals surface area (Å²) >= 11 is 6.00. The van der Waals surface area contributed by atoms with Crippen LogP contribution in [-0.4, -0.2) is 47.0 Å². The van der Waals surface area contributed by atoms with E-state index in [1.807, 2.05) is 23.1 Å². The van der Waals surface area contributed by atoms with Crippen LogP contribution in [0.1, 0.15) is 27.9 Å². The van der Waals surface area contributed by atoms with Gasteiger partial charge in [0, 0.05) is 42.3 Å². The van der Waals surface area contributed by atoms with Crippen molar-refractivity contribution in [3.63, 3.8) is 0 Å². The number of halogens is 1. The molecule has 0 bridgehead atoms. The number of nitrogens with zero attached hydrogens (tertiary/aromatic N) is 4. The van der Waals surface area contributed by atoms with Crippen molar-refractivity contribution in [2.24, 2.45) is 0 Å². The number of benzene rings is 3. The van der Waals surface area contributed by atoms with Crippen LogP contribution in [0.2, 0.25) is 5.02 Å². The van der Waals surface area contributed by atoms with Crippen LogP contribution in [0.3, 0.4) is 0 Å². The molecule has 2 heterocycles. The van der Waals surface area contributed by atoms with Gasteiger partial charge in [0.1, 0.15) is 5.69 Å². The Morgan fingerprint density at radius 2 is 1.50 bits per heavy atom. The van der Waals surface area contributed by atoms with E-state index >= 15 is 0 Å². The van der Waals surface area contributed by atoms with Crippen molar-refractivity contribution in [1.82, 2.24) is 14.9 Å². The molecule has 1 aliphatic heterocycles. The van der Waals surface area contributed by atoms with E-state index < -0.39 is 0 Å². The van der Waals surface area contributed by atoms with Gasteiger partial charge in [0.05, 0.1) is 11.0 Å². The number of carbonyl (C=O) groups is 1. The van der Waals surface area contributed by atoms with Crippen LogP contribution in [0.15, 0.2) is 66.7 Å². The van der Waals surface area contributed by atoms with Crippen molar-refractivity contribution < 1.29 is 4.79 Å². The van der Waals surface area contributed by atoms with Crippen LogP contribution in [0.25, 0.3) is 22.3 Å². The van der Waals surface area contributed by atoms with Crippen molar-refractivity contribution in [3.05, 3.63) is 88.4 Å². The molecule has 1 saturated heterocycles. The monoisotopic (exact) mass is 470 g/mol. The zero-order valence-corrected chi connectivity index (χ0v) is 20.2. The molecule has 0 atom stereocenters. The Hall–Kier alpha value is -3.44. The second-order valence-electron chi connectivity index (χ2n) is 8.83. The van der Waals surface area contributed by atoms with E-state index in [1.165, 1.54) is 11.1 Å². The molecule has 172 valence electrons. The van der Waals surface area contributed by atoms with Gasteiger partial charge in [-0.1, -0.05) is 41.9 Å². The van der Waals surface area contributed by atoms with E-state index in [1.54, 1.807) is 24.3 Å². The van der Waals surface area contributed by atoms with Gasteiger partial charge in [-0.15, -0.1) is 0 Å². The van der Waals surface area contributed by atoms with Crippen LogP contribution in [0.4, 0.5) is 5.82 Å². The van der Waals surface area contributed by atoms with Crippen molar-refractivity contribution in [1.29, 1.82) is 0 Å². The average Bonchev–Trinajstić information content (AvgIpc) is 3.11. The molecule has 6 heteroatoms. The van der Waals surface area contributed by atoms with Gasteiger partial charge in [-0.25, -0.2) is 9.97 Å². The second-order valence-corrected chi connectivity index (χ2v) is 9.26. The van der Waals surface area contributed by atoms with Gasteiger partial charge in [-0.3, -0.25) is 4.79 Å². The lowest BCUT2D eigenvalue weighted by Gasteiger charge is -2.25. The molecule has 0 radical (unpaired) electrons. The molecule has 1 aromatic heterocycles. The minimum absolute atomic E-state index is 0.0393. The standard InChI is InChI=1S/C28H27ClN4O/c1-19-17-24-25(18-20(19)2)31-27(26(30-24)21-7-4-3-5-8-21)32-13-6-14-33(16-15-32)28(34)22-9-11-23(29)12-10-22/h3-5,7-12,17-18H,6,13-16H2,1-2H3. The molecule has 0 aliphatic carbocycles. The van der Waals surface area contributed by atoms with E-state index in [0.29, 0.717) is 30.2 Å². The molecular weight excluding hydrogens is 444 g/mol. The van der Waals surface area contributed by atoms with Crippen molar-refractivity contribution in [2.45, 2.75) is 20.3 Å². The first-order valence-electron chi connectivity index (χ1n) is 11.6. The minimum Gasteiger partial charge on any atom is -0.353 e. The van der Waals surface area contributed by atoms with Crippen LogP contribution < -0.4 is 4.90 Å². The first-order chi connectivity index (χ1) is 16.5. The lowest BCUT2D eigenvalue weighted by atomic mass is 10.1. The molecule has 4 aromatic rings. The molecule has 0 unspecified atom stereocenters. The highest BCUT2D eigenvalue weighted by Gasteiger charge is 2.24. The summed E-state index contributed by atoms with van der Waals surface area (Å²) in [7, 11) is 0. The lowest BCUT2D eigenvalue weighted by Crippen LogP contribution is -2.35. The number of amides is 1. The summed E-state index contributed by atoms with van der Waals surface area (Å²) in [6.07, 6.45) is 0.861. The zero-order chi connectivity index (χ0) is 23.7. The maximum atomic E-state index is 13.1. The third-order valence-corrected chi connectivity index (χ3v) is 6.73. The molecule has 0 N–H and O–H groups in total. The molecule has 1 aliphatic rings. The molecule has 34 heavy (non-hydrogen) atoms. The highest BCUT2D eigenvalue weighted by Crippen LogP contribution is 2.31. The number of hydrogen-bond acceptors (Lipinski definition) is 4. The van der Waals surface area contributed by atoms with E-state index in [-0.39, 0.29) is 5.91 Å². The molecule has 5 rings (SSSR count). The van der Waals surface area contributed by atoms with Crippen LogP contribution in [0.5, 0.6) is 0 Å². The minimum atomic E-state index is 0.0393. The highest BCUT2D eigenvalue weighted by molar-refractivity contribution is 6.30. The van der Waals surface area contributed by atoms with E-state index in [4.69, 9.17) is 21.6 Å². The smallest absolute Gasteiger partial charge is 0.253 e. The number of hydrogen-bond donors (Lipinski definition) is 0. The van der Waals surface area contributed by atoms with E-state index in [9.17, 15) is 4.79 Å². The van der Waals surface area contributed by atoms with E-state index in [0.717, 1.165) is 41.1 Å². The van der Waals surface area contributed by atoms with Crippen molar-refractivity contribution in [3.8, 4) is 11.3 Å². The number of fused-ring (bicyclic) bond motifs is 1. The summed E-state index contributed by atoms with van der Waals surface area (Å²) < 4.78 is 0. The van der Waals surface area contributed by atoms with Gasteiger partial charge in [-0.05, 0) is 67.8 Å². The first kappa shape index (κ1) is 22.4. The number of aryl methyl sites for hydroxylation is 2. The van der Waals surface area contributed by atoms with Gasteiger partial charge in [0.15, 0.2) is 5.82 Å². The van der Waals surface area contributed by atoms with Gasteiger partial charge in [-0.2, -0.15) is 0 Å². The largest absolute Gasteiger partial charge is 0.353 e. The summed E-state index contributed by atoms with van der Waals surface area (Å²) in [6, 6.07) is 21.6. The predicted molar refractivity (Wildman–Crippen MR) is 139 cm³/mol. The normalized spacial score (nSPS) is 14.3. The Morgan fingerprint density at radius 1 is 0.824 bits per heavy atom.